The van der Waals surface area contributed by atoms with Crippen LogP contribution in [0.1, 0.15) is 30.5 Å². The van der Waals surface area contributed by atoms with E-state index in [4.69, 9.17) is 14.2 Å². The standard InChI is InChI=1S/C21H25NO4/c1-14-8-9-15(10-18(14)24-4)12-22-19(23)13-25-17-7-5-6-16-11-21(2,3)26-20(16)17/h5-10H,11-13H2,1-4H3,(H,22,23). The molecule has 138 valence electrons. The topological polar surface area (TPSA) is 56.8 Å². The molecule has 0 radical (unpaired) electrons. The molecule has 5 heteroatoms. The van der Waals surface area contributed by atoms with E-state index in [1.54, 1.807) is 7.11 Å². The van der Waals surface area contributed by atoms with Gasteiger partial charge >= 0.3 is 0 Å². The van der Waals surface area contributed by atoms with Crippen molar-refractivity contribution in [2.45, 2.75) is 39.3 Å². The Labute approximate surface area is 154 Å². The number of nitrogens with one attached hydrogen (secondary N) is 1. The fourth-order valence-electron chi connectivity index (χ4n) is 3.07. The lowest BCUT2D eigenvalue weighted by Gasteiger charge is -2.18. The number of methoxy groups -OCH3 is 1. The Bertz CT molecular complexity index is 814. The summed E-state index contributed by atoms with van der Waals surface area (Å²) in [4.78, 5) is 12.1. The Morgan fingerprint density at radius 1 is 1.23 bits per heavy atom. The number of hydrogen-bond acceptors (Lipinski definition) is 4. The molecule has 0 spiro atoms. The van der Waals surface area contributed by atoms with Crippen LogP contribution < -0.4 is 19.5 Å². The van der Waals surface area contributed by atoms with Crippen molar-refractivity contribution in [3.63, 3.8) is 0 Å². The van der Waals surface area contributed by atoms with E-state index in [2.05, 4.69) is 5.32 Å². The number of carbonyl (C=O) groups excluding carboxylic acids is 1. The van der Waals surface area contributed by atoms with Crippen LogP contribution in [0.3, 0.4) is 0 Å². The quantitative estimate of drug-likeness (QED) is 0.863. The monoisotopic (exact) mass is 355 g/mol. The van der Waals surface area contributed by atoms with Crippen molar-refractivity contribution in [1.29, 1.82) is 0 Å². The van der Waals surface area contributed by atoms with Gasteiger partial charge in [-0.25, -0.2) is 0 Å². The van der Waals surface area contributed by atoms with E-state index in [0.29, 0.717) is 12.3 Å². The molecule has 26 heavy (non-hydrogen) atoms. The molecule has 2 aromatic rings. The van der Waals surface area contributed by atoms with Gasteiger partial charge in [0.15, 0.2) is 18.1 Å². The van der Waals surface area contributed by atoms with Crippen LogP contribution in [0.4, 0.5) is 0 Å². The maximum absolute atomic E-state index is 12.1. The van der Waals surface area contributed by atoms with Gasteiger partial charge in [-0.15, -0.1) is 0 Å². The van der Waals surface area contributed by atoms with Gasteiger partial charge in [0.05, 0.1) is 7.11 Å². The summed E-state index contributed by atoms with van der Waals surface area (Å²) in [7, 11) is 1.64. The molecule has 1 aliphatic rings. The molecular weight excluding hydrogens is 330 g/mol. The minimum atomic E-state index is -0.242. The summed E-state index contributed by atoms with van der Waals surface area (Å²) in [6, 6.07) is 11.7. The normalized spacial score (nSPS) is 14.3. The fourth-order valence-corrected chi connectivity index (χ4v) is 3.07. The number of fused-ring (bicyclic) bond motifs is 1. The Kier molecular flexibility index (Phi) is 5.07. The summed E-state index contributed by atoms with van der Waals surface area (Å²) >= 11 is 0. The van der Waals surface area contributed by atoms with Crippen LogP contribution >= 0.6 is 0 Å². The van der Waals surface area contributed by atoms with E-state index in [1.165, 1.54) is 0 Å². The number of hydrogen-bond donors (Lipinski definition) is 1. The molecule has 1 amide bonds. The maximum Gasteiger partial charge on any atom is 0.258 e. The highest BCUT2D eigenvalue weighted by molar-refractivity contribution is 5.77. The Hall–Kier alpha value is -2.69. The first-order chi connectivity index (χ1) is 12.4. The van der Waals surface area contributed by atoms with Gasteiger partial charge in [0.25, 0.3) is 5.91 Å². The van der Waals surface area contributed by atoms with Crippen molar-refractivity contribution < 1.29 is 19.0 Å². The van der Waals surface area contributed by atoms with E-state index in [9.17, 15) is 4.79 Å². The van der Waals surface area contributed by atoms with E-state index < -0.39 is 0 Å². The van der Waals surface area contributed by atoms with Crippen LogP contribution in [0.25, 0.3) is 0 Å². The molecule has 1 aliphatic heterocycles. The van der Waals surface area contributed by atoms with Crippen molar-refractivity contribution in [1.82, 2.24) is 5.32 Å². The van der Waals surface area contributed by atoms with Gasteiger partial charge in [-0.05, 0) is 44.0 Å². The summed E-state index contributed by atoms with van der Waals surface area (Å²) in [5, 5.41) is 2.86. The molecule has 0 aliphatic carbocycles. The second-order valence-corrected chi connectivity index (χ2v) is 7.15. The number of rotatable bonds is 6. The van der Waals surface area contributed by atoms with Gasteiger partial charge in [0, 0.05) is 18.5 Å². The SMILES string of the molecule is COc1cc(CNC(=O)COc2cccc3c2OC(C)(C)C3)ccc1C. The van der Waals surface area contributed by atoms with Crippen LogP contribution in [-0.2, 0) is 17.8 Å². The number of carbonyl (C=O) groups is 1. The van der Waals surface area contributed by atoms with Crippen molar-refractivity contribution in [2.75, 3.05) is 13.7 Å². The highest BCUT2D eigenvalue weighted by atomic mass is 16.5. The van der Waals surface area contributed by atoms with E-state index in [1.807, 2.05) is 57.2 Å². The first-order valence-electron chi connectivity index (χ1n) is 8.72. The minimum absolute atomic E-state index is 0.0523. The van der Waals surface area contributed by atoms with Gasteiger partial charge < -0.3 is 19.5 Å². The first-order valence-corrected chi connectivity index (χ1v) is 8.72. The van der Waals surface area contributed by atoms with Crippen molar-refractivity contribution >= 4 is 5.91 Å². The summed E-state index contributed by atoms with van der Waals surface area (Å²) in [5.74, 6) is 1.99. The van der Waals surface area contributed by atoms with Crippen LogP contribution in [0.15, 0.2) is 36.4 Å². The lowest BCUT2D eigenvalue weighted by molar-refractivity contribution is -0.123. The zero-order valence-corrected chi connectivity index (χ0v) is 15.7. The molecule has 2 aromatic carbocycles. The molecule has 0 atom stereocenters. The lowest BCUT2D eigenvalue weighted by Crippen LogP contribution is -2.28. The van der Waals surface area contributed by atoms with Crippen molar-refractivity contribution in [2.24, 2.45) is 0 Å². The largest absolute Gasteiger partial charge is 0.496 e. The second kappa shape index (κ2) is 7.28. The molecule has 0 unspecified atom stereocenters. The van der Waals surface area contributed by atoms with Crippen LogP contribution in [0, 0.1) is 6.92 Å². The van der Waals surface area contributed by atoms with Gasteiger partial charge in [-0.1, -0.05) is 24.3 Å². The highest BCUT2D eigenvalue weighted by Crippen LogP contribution is 2.41. The van der Waals surface area contributed by atoms with Gasteiger partial charge in [-0.3, -0.25) is 4.79 Å². The molecule has 0 aromatic heterocycles. The summed E-state index contributed by atoms with van der Waals surface area (Å²) in [5.41, 5.74) is 2.91. The van der Waals surface area contributed by atoms with Crippen molar-refractivity contribution in [3.05, 3.63) is 53.1 Å². The molecule has 0 saturated carbocycles. The summed E-state index contributed by atoms with van der Waals surface area (Å²) in [6.45, 7) is 6.44. The average molecular weight is 355 g/mol. The highest BCUT2D eigenvalue weighted by Gasteiger charge is 2.32. The predicted octanol–water partition coefficient (Wildman–Crippen LogP) is 3.41. The molecule has 0 fully saturated rings. The first kappa shape index (κ1) is 18.1. The number of para-hydroxylation sites is 1. The zero-order valence-electron chi connectivity index (χ0n) is 15.7. The average Bonchev–Trinajstić information content (AvgIpc) is 2.93. The number of ether oxygens (including phenoxy) is 3. The molecule has 1 N–H and O–H groups in total. The lowest BCUT2D eigenvalue weighted by atomic mass is 10.0. The fraction of sp³-hybridized carbons (Fsp3) is 0.381. The Morgan fingerprint density at radius 3 is 2.81 bits per heavy atom. The summed E-state index contributed by atoms with van der Waals surface area (Å²) < 4.78 is 17.0. The molecule has 0 bridgehead atoms. The zero-order chi connectivity index (χ0) is 18.7. The molecular formula is C21H25NO4. The van der Waals surface area contributed by atoms with Crippen molar-refractivity contribution in [3.8, 4) is 17.2 Å². The van der Waals surface area contributed by atoms with Gasteiger partial charge in [0.1, 0.15) is 11.4 Å². The number of amides is 1. The predicted molar refractivity (Wildman–Crippen MR) is 99.9 cm³/mol. The van der Waals surface area contributed by atoms with Crippen LogP contribution in [0.2, 0.25) is 0 Å². The maximum atomic E-state index is 12.1. The van der Waals surface area contributed by atoms with E-state index in [-0.39, 0.29) is 18.1 Å². The Balaban J connectivity index is 1.55. The third kappa shape index (κ3) is 4.10. The van der Waals surface area contributed by atoms with Crippen LogP contribution in [-0.4, -0.2) is 25.2 Å². The van der Waals surface area contributed by atoms with Gasteiger partial charge in [0.2, 0.25) is 0 Å². The van der Waals surface area contributed by atoms with E-state index >= 15 is 0 Å². The molecule has 0 saturated heterocycles. The van der Waals surface area contributed by atoms with Crippen LogP contribution in [0.5, 0.6) is 17.2 Å². The number of aryl methyl sites for hydroxylation is 1. The third-order valence-electron chi connectivity index (χ3n) is 4.38. The molecule has 1 heterocycles. The molecule has 5 nitrogen and oxygen atoms in total. The Morgan fingerprint density at radius 2 is 2.04 bits per heavy atom. The second-order valence-electron chi connectivity index (χ2n) is 7.15. The third-order valence-corrected chi connectivity index (χ3v) is 4.38. The number of benzene rings is 2. The van der Waals surface area contributed by atoms with Gasteiger partial charge in [-0.2, -0.15) is 0 Å². The smallest absolute Gasteiger partial charge is 0.258 e. The molecule has 3 rings (SSSR count). The summed E-state index contributed by atoms with van der Waals surface area (Å²) in [6.07, 6.45) is 0.834. The minimum Gasteiger partial charge on any atom is -0.496 e. The van der Waals surface area contributed by atoms with E-state index in [0.717, 1.165) is 34.6 Å².